The molecule has 3 atom stereocenters. The Balaban J connectivity index is 2.03. The monoisotopic (exact) mass is 373 g/mol. The van der Waals surface area contributed by atoms with E-state index in [0.717, 1.165) is 16.7 Å². The van der Waals surface area contributed by atoms with Gasteiger partial charge in [-0.15, -0.1) is 0 Å². The summed E-state index contributed by atoms with van der Waals surface area (Å²) in [4.78, 5) is 44.6. The molecule has 0 bridgehead atoms. The average molecular weight is 373 g/mol. The molecule has 0 radical (unpaired) electrons. The molecule has 1 aromatic carbocycles. The van der Waals surface area contributed by atoms with Crippen molar-refractivity contribution in [3.8, 4) is 0 Å². The lowest BCUT2D eigenvalue weighted by Crippen LogP contribution is -2.48. The number of aryl methyl sites for hydroxylation is 2. The minimum absolute atomic E-state index is 0.0894. The Bertz CT molecular complexity index is 779. The van der Waals surface area contributed by atoms with Gasteiger partial charge in [0.25, 0.3) is 5.91 Å². The zero-order valence-electron chi connectivity index (χ0n) is 16.5. The molecule has 2 heterocycles. The normalized spacial score (nSPS) is 26.0. The maximum absolute atomic E-state index is 13.2. The van der Waals surface area contributed by atoms with Gasteiger partial charge in [0.2, 0.25) is 11.8 Å². The van der Waals surface area contributed by atoms with Crippen molar-refractivity contribution in [2.45, 2.75) is 58.7 Å². The third kappa shape index (κ3) is 3.49. The molecular weight excluding hydrogens is 346 g/mol. The number of nitrogens with zero attached hydrogens (tertiary/aromatic N) is 2. The number of amides is 3. The number of likely N-dealkylation sites (tertiary alicyclic amines) is 1. The summed E-state index contributed by atoms with van der Waals surface area (Å²) in [5.74, 6) is -1.65. The summed E-state index contributed by atoms with van der Waals surface area (Å²) in [5, 5.41) is 1.59. The first-order valence-electron chi connectivity index (χ1n) is 9.18. The fourth-order valence-corrected chi connectivity index (χ4v) is 4.10. The number of primary amides is 1. The van der Waals surface area contributed by atoms with E-state index in [9.17, 15) is 14.4 Å². The predicted molar refractivity (Wildman–Crippen MR) is 99.1 cm³/mol. The summed E-state index contributed by atoms with van der Waals surface area (Å²) in [6.07, 6.45) is -0.776. The number of rotatable bonds is 4. The van der Waals surface area contributed by atoms with Crippen LogP contribution in [0.2, 0.25) is 0 Å². The Hall–Kier alpha value is -2.25. The number of benzene rings is 1. The van der Waals surface area contributed by atoms with Gasteiger partial charge >= 0.3 is 0 Å². The van der Waals surface area contributed by atoms with Gasteiger partial charge in [0.15, 0.2) is 6.10 Å². The van der Waals surface area contributed by atoms with E-state index in [0.29, 0.717) is 0 Å². The first kappa shape index (κ1) is 19.5. The van der Waals surface area contributed by atoms with Crippen LogP contribution in [0.1, 0.15) is 49.9 Å². The fourth-order valence-electron chi connectivity index (χ4n) is 4.10. The highest BCUT2D eigenvalue weighted by atomic mass is 16.7. The van der Waals surface area contributed by atoms with Crippen molar-refractivity contribution in [2.24, 2.45) is 11.7 Å². The van der Waals surface area contributed by atoms with Crippen molar-refractivity contribution >= 4 is 17.7 Å². The van der Waals surface area contributed by atoms with Gasteiger partial charge in [0, 0.05) is 18.5 Å². The standard InChI is InChI=1S/C20H27N3O4/c1-11-8-12(2)10-13(9-11)16-15-17(27-22(16)7-6-14(21)24)19(26)23(18(15)25)20(3,4)5/h8-10,15-17H,6-7H2,1-5H3,(H2,21,24). The van der Waals surface area contributed by atoms with Crippen LogP contribution in [0, 0.1) is 19.8 Å². The molecule has 3 unspecified atom stereocenters. The van der Waals surface area contributed by atoms with Crippen LogP contribution in [0.15, 0.2) is 18.2 Å². The first-order valence-corrected chi connectivity index (χ1v) is 9.18. The molecule has 0 aromatic heterocycles. The maximum Gasteiger partial charge on any atom is 0.261 e. The molecule has 2 saturated heterocycles. The number of hydrogen-bond donors (Lipinski definition) is 1. The van der Waals surface area contributed by atoms with Gasteiger partial charge in [0.05, 0.1) is 12.0 Å². The van der Waals surface area contributed by atoms with Gasteiger partial charge in [-0.25, -0.2) is 0 Å². The molecule has 146 valence electrons. The third-order valence-electron chi connectivity index (χ3n) is 5.03. The topological polar surface area (TPSA) is 92.9 Å². The molecular formula is C20H27N3O4. The van der Waals surface area contributed by atoms with Gasteiger partial charge in [-0.2, -0.15) is 5.06 Å². The van der Waals surface area contributed by atoms with E-state index in [1.807, 2.05) is 52.8 Å². The Morgan fingerprint density at radius 1 is 1.11 bits per heavy atom. The second-order valence-corrected chi connectivity index (χ2v) is 8.46. The van der Waals surface area contributed by atoms with Crippen molar-refractivity contribution in [1.29, 1.82) is 0 Å². The van der Waals surface area contributed by atoms with Crippen LogP contribution in [0.5, 0.6) is 0 Å². The molecule has 7 nitrogen and oxygen atoms in total. The lowest BCUT2D eigenvalue weighted by atomic mass is 9.89. The number of fused-ring (bicyclic) bond motifs is 1. The summed E-state index contributed by atoms with van der Waals surface area (Å²) < 4.78 is 0. The first-order chi connectivity index (χ1) is 12.5. The zero-order valence-corrected chi connectivity index (χ0v) is 16.5. The second-order valence-electron chi connectivity index (χ2n) is 8.46. The van der Waals surface area contributed by atoms with Crippen LogP contribution in [-0.2, 0) is 19.2 Å². The van der Waals surface area contributed by atoms with E-state index < -0.39 is 29.5 Å². The van der Waals surface area contributed by atoms with Gasteiger partial charge in [-0.1, -0.05) is 29.3 Å². The lowest BCUT2D eigenvalue weighted by Gasteiger charge is -2.33. The smallest absolute Gasteiger partial charge is 0.261 e. The summed E-state index contributed by atoms with van der Waals surface area (Å²) >= 11 is 0. The predicted octanol–water partition coefficient (Wildman–Crippen LogP) is 1.62. The minimum atomic E-state index is -0.865. The highest BCUT2D eigenvalue weighted by Crippen LogP contribution is 2.46. The Kier molecular flexibility index (Phi) is 4.86. The summed E-state index contributed by atoms with van der Waals surface area (Å²) in [6, 6.07) is 5.61. The zero-order chi connectivity index (χ0) is 20.1. The highest BCUT2D eigenvalue weighted by Gasteiger charge is 2.61. The molecule has 2 N–H and O–H groups in total. The molecule has 0 aliphatic carbocycles. The van der Waals surface area contributed by atoms with Gasteiger partial charge in [-0.05, 0) is 40.2 Å². The van der Waals surface area contributed by atoms with E-state index in [1.165, 1.54) is 4.90 Å². The van der Waals surface area contributed by atoms with Gasteiger partial charge < -0.3 is 5.73 Å². The molecule has 2 fully saturated rings. The molecule has 1 aromatic rings. The molecule has 3 amide bonds. The van der Waals surface area contributed by atoms with Gasteiger partial charge in [0.1, 0.15) is 0 Å². The van der Waals surface area contributed by atoms with E-state index >= 15 is 0 Å². The molecule has 2 aliphatic heterocycles. The van der Waals surface area contributed by atoms with Crippen LogP contribution >= 0.6 is 0 Å². The largest absolute Gasteiger partial charge is 0.370 e. The number of hydrogen-bond acceptors (Lipinski definition) is 5. The molecule has 3 rings (SSSR count). The highest BCUT2D eigenvalue weighted by molar-refractivity contribution is 6.08. The summed E-state index contributed by atoms with van der Waals surface area (Å²) in [7, 11) is 0. The number of carbonyl (C=O) groups is 3. The van der Waals surface area contributed by atoms with Crippen LogP contribution in [0.25, 0.3) is 0 Å². The Morgan fingerprint density at radius 2 is 1.70 bits per heavy atom. The Morgan fingerprint density at radius 3 is 2.22 bits per heavy atom. The minimum Gasteiger partial charge on any atom is -0.370 e. The van der Waals surface area contributed by atoms with Crippen LogP contribution < -0.4 is 5.73 Å². The van der Waals surface area contributed by atoms with Crippen molar-refractivity contribution in [2.75, 3.05) is 6.54 Å². The fraction of sp³-hybridized carbons (Fsp3) is 0.550. The lowest BCUT2D eigenvalue weighted by molar-refractivity contribution is -0.182. The maximum atomic E-state index is 13.2. The van der Waals surface area contributed by atoms with Crippen LogP contribution in [-0.4, -0.2) is 45.9 Å². The van der Waals surface area contributed by atoms with E-state index in [2.05, 4.69) is 0 Å². The average Bonchev–Trinajstić information content (AvgIpc) is 3.00. The Labute approximate surface area is 159 Å². The number of carbonyl (C=O) groups excluding carboxylic acids is 3. The van der Waals surface area contributed by atoms with Crippen LogP contribution in [0.4, 0.5) is 0 Å². The number of nitrogens with two attached hydrogens (primary N) is 1. The van der Waals surface area contributed by atoms with E-state index in [4.69, 9.17) is 10.6 Å². The number of hydroxylamine groups is 2. The molecule has 7 heteroatoms. The summed E-state index contributed by atoms with van der Waals surface area (Å²) in [5.41, 5.74) is 7.70. The second kappa shape index (κ2) is 6.73. The van der Waals surface area contributed by atoms with Gasteiger partial charge in [-0.3, -0.25) is 24.1 Å². The van der Waals surface area contributed by atoms with Crippen molar-refractivity contribution in [1.82, 2.24) is 9.96 Å². The SMILES string of the molecule is Cc1cc(C)cc(C2C3C(=O)N(C(C)(C)C)C(=O)C3ON2CCC(N)=O)c1. The molecule has 27 heavy (non-hydrogen) atoms. The van der Waals surface area contributed by atoms with Crippen molar-refractivity contribution < 1.29 is 19.2 Å². The molecule has 0 saturated carbocycles. The molecule has 0 spiro atoms. The number of imide groups is 1. The summed E-state index contributed by atoms with van der Waals surface area (Å²) in [6.45, 7) is 9.71. The van der Waals surface area contributed by atoms with Crippen molar-refractivity contribution in [3.63, 3.8) is 0 Å². The third-order valence-corrected chi connectivity index (χ3v) is 5.03. The molecule has 2 aliphatic rings. The van der Waals surface area contributed by atoms with E-state index in [-0.39, 0.29) is 24.8 Å². The quantitative estimate of drug-likeness (QED) is 0.810. The van der Waals surface area contributed by atoms with Crippen LogP contribution in [0.3, 0.4) is 0 Å². The van der Waals surface area contributed by atoms with E-state index in [1.54, 1.807) is 5.06 Å². The van der Waals surface area contributed by atoms with Crippen molar-refractivity contribution in [3.05, 3.63) is 34.9 Å².